The van der Waals surface area contributed by atoms with Gasteiger partial charge in [-0.2, -0.15) is 0 Å². The van der Waals surface area contributed by atoms with Crippen molar-refractivity contribution in [3.63, 3.8) is 0 Å². The molecule has 0 amide bonds. The Kier molecular flexibility index (Phi) is 12.1. The molecule has 6 nitrogen and oxygen atoms in total. The molecule has 2 aromatic carbocycles. The first-order valence-corrected chi connectivity index (χ1v) is 11.4. The highest BCUT2D eigenvalue weighted by Crippen LogP contribution is 2.22. The van der Waals surface area contributed by atoms with Crippen LogP contribution in [0, 0.1) is 11.6 Å². The molecule has 0 spiro atoms. The first-order valence-electron chi connectivity index (χ1n) is 10.6. The summed E-state index contributed by atoms with van der Waals surface area (Å²) in [5, 5.41) is 0. The number of halogens is 2. The van der Waals surface area contributed by atoms with Gasteiger partial charge in [-0.1, -0.05) is 32.1 Å². The van der Waals surface area contributed by atoms with Gasteiger partial charge in [0.1, 0.15) is 11.6 Å². The number of ketones is 1. The molecule has 0 saturated heterocycles. The lowest BCUT2D eigenvalue weighted by Gasteiger charge is -2.26. The molecule has 7 N–H and O–H groups in total. The van der Waals surface area contributed by atoms with Crippen LogP contribution in [0.15, 0.2) is 70.4 Å². The van der Waals surface area contributed by atoms with Crippen molar-refractivity contribution in [1.82, 2.24) is 4.90 Å². The monoisotopic (exact) mass is 490 g/mol. The van der Waals surface area contributed by atoms with Gasteiger partial charge < -0.3 is 26.7 Å². The zero-order chi connectivity index (χ0) is 25.8. The van der Waals surface area contributed by atoms with Crippen LogP contribution in [-0.4, -0.2) is 35.4 Å². The largest absolute Gasteiger partial charge is 0.396 e. The third-order valence-electron chi connectivity index (χ3n) is 4.71. The van der Waals surface area contributed by atoms with Crippen molar-refractivity contribution < 1.29 is 18.1 Å². The van der Waals surface area contributed by atoms with Crippen LogP contribution in [0.2, 0.25) is 0 Å². The minimum absolute atomic E-state index is 0.0147. The van der Waals surface area contributed by atoms with Crippen LogP contribution in [-0.2, 0) is 0 Å². The first-order chi connectivity index (χ1) is 16.2. The summed E-state index contributed by atoms with van der Waals surface area (Å²) in [5.74, 6) is -0.793. The molecule has 0 atom stereocenters. The summed E-state index contributed by atoms with van der Waals surface area (Å²) in [4.78, 5) is 13.3. The van der Waals surface area contributed by atoms with E-state index in [0.29, 0.717) is 41.4 Å². The molecule has 0 aliphatic carbocycles. The fraction of sp³-hybridized carbons (Fsp3) is 0.240. The van der Waals surface area contributed by atoms with E-state index in [9.17, 15) is 13.6 Å². The van der Waals surface area contributed by atoms with Crippen LogP contribution in [0.5, 0.6) is 0 Å². The highest BCUT2D eigenvalue weighted by molar-refractivity contribution is 7.93. The number of carbonyl (C=O) groups is 1. The maximum atomic E-state index is 13.8. The van der Waals surface area contributed by atoms with Gasteiger partial charge in [0.15, 0.2) is 11.6 Å². The lowest BCUT2D eigenvalue weighted by atomic mass is 10.0. The second kappa shape index (κ2) is 14.2. The van der Waals surface area contributed by atoms with Gasteiger partial charge in [-0.05, 0) is 48.9 Å². The van der Waals surface area contributed by atoms with Crippen LogP contribution < -0.4 is 17.2 Å². The minimum atomic E-state index is -0.759. The van der Waals surface area contributed by atoms with E-state index in [4.69, 9.17) is 21.8 Å². The molecule has 1 aliphatic rings. The van der Waals surface area contributed by atoms with Crippen molar-refractivity contribution >= 4 is 29.6 Å². The van der Waals surface area contributed by atoms with Crippen LogP contribution in [0.1, 0.15) is 36.7 Å². The summed E-state index contributed by atoms with van der Waals surface area (Å²) in [6, 6.07) is 9.22. The topological polar surface area (TPSA) is 119 Å². The third-order valence-corrected chi connectivity index (χ3v) is 5.17. The average molecular weight is 491 g/mol. The van der Waals surface area contributed by atoms with Crippen LogP contribution in [0.3, 0.4) is 0 Å². The van der Waals surface area contributed by atoms with Gasteiger partial charge in [0.05, 0.1) is 5.69 Å². The Morgan fingerprint density at radius 2 is 1.85 bits per heavy atom. The molecule has 1 aliphatic heterocycles. The number of anilines is 1. The van der Waals surface area contributed by atoms with Crippen molar-refractivity contribution in [1.29, 1.82) is 0 Å². The Balaban J connectivity index is 0.000000374. The molecule has 2 aromatic rings. The van der Waals surface area contributed by atoms with E-state index < -0.39 is 11.6 Å². The first kappa shape index (κ1) is 28.9. The Labute approximate surface area is 204 Å². The van der Waals surface area contributed by atoms with E-state index in [-0.39, 0.29) is 17.0 Å². The smallest absolute Gasteiger partial charge is 0.159 e. The second-order valence-corrected chi connectivity index (χ2v) is 7.72. The molecule has 0 fully saturated rings. The predicted octanol–water partition coefficient (Wildman–Crippen LogP) is 5.04. The van der Waals surface area contributed by atoms with Crippen molar-refractivity contribution in [2.75, 3.05) is 25.9 Å². The fourth-order valence-electron chi connectivity index (χ4n) is 2.91. The second-order valence-electron chi connectivity index (χ2n) is 7.06. The van der Waals surface area contributed by atoms with E-state index in [1.807, 2.05) is 31.9 Å². The predicted molar refractivity (Wildman–Crippen MR) is 137 cm³/mol. The Morgan fingerprint density at radius 1 is 1.18 bits per heavy atom. The number of nitrogens with zero attached hydrogens (tertiary/aromatic N) is 1. The number of rotatable bonds is 5. The SMILES string of the molecule is CC.CC(=O)c1cccc(SO)c1.CN1CC(C=Cc2c(F)ccc(N)c2F)=CC(CN)=C1N. The standard InChI is InChI=1S/C15H18F2N4.C8H8O2S.C2H6/c1-21-8-9(6-10(7-18)15(21)20)2-3-11-12(16)4-5-13(19)14(11)17;1-6(9)7-3-2-4-8(5-7)11-10;1-2/h2-6H,7-8,18-20H2,1H3;2-5,10H,1H3;1-2H3. The summed E-state index contributed by atoms with van der Waals surface area (Å²) in [6.07, 6.45) is 4.84. The number of benzene rings is 2. The van der Waals surface area contributed by atoms with Gasteiger partial charge in [-0.15, -0.1) is 0 Å². The number of nitrogen functional groups attached to an aromatic ring is 1. The van der Waals surface area contributed by atoms with E-state index >= 15 is 0 Å². The highest BCUT2D eigenvalue weighted by atomic mass is 32.2. The Bertz CT molecular complexity index is 1080. The van der Waals surface area contributed by atoms with Gasteiger partial charge in [0.2, 0.25) is 0 Å². The zero-order valence-electron chi connectivity index (χ0n) is 19.8. The molecular formula is C25H32F2N4O2S. The number of Topliss-reactive ketones (excluding diaryl/α,β-unsaturated/α-hetero) is 1. The zero-order valence-corrected chi connectivity index (χ0v) is 20.6. The lowest BCUT2D eigenvalue weighted by molar-refractivity contribution is 0.101. The van der Waals surface area contributed by atoms with E-state index in [0.717, 1.165) is 17.2 Å². The number of nitrogens with two attached hydrogens (primary N) is 3. The Morgan fingerprint density at radius 3 is 2.44 bits per heavy atom. The van der Waals surface area contributed by atoms with Gasteiger partial charge in [0, 0.05) is 53.8 Å². The lowest BCUT2D eigenvalue weighted by Crippen LogP contribution is -2.31. The van der Waals surface area contributed by atoms with Crippen LogP contribution in [0.25, 0.3) is 6.08 Å². The van der Waals surface area contributed by atoms with Crippen molar-refractivity contribution in [3.05, 3.63) is 88.3 Å². The average Bonchev–Trinajstić information content (AvgIpc) is 2.85. The molecule has 0 radical (unpaired) electrons. The molecule has 0 saturated carbocycles. The molecule has 0 aromatic heterocycles. The van der Waals surface area contributed by atoms with Crippen molar-refractivity contribution in [2.24, 2.45) is 11.5 Å². The molecule has 184 valence electrons. The molecule has 1 heterocycles. The van der Waals surface area contributed by atoms with Gasteiger partial charge in [0.25, 0.3) is 0 Å². The summed E-state index contributed by atoms with van der Waals surface area (Å²) >= 11 is 0.648. The molecule has 34 heavy (non-hydrogen) atoms. The fourth-order valence-corrected chi connectivity index (χ4v) is 3.23. The van der Waals surface area contributed by atoms with Crippen molar-refractivity contribution in [3.8, 4) is 0 Å². The van der Waals surface area contributed by atoms with Gasteiger partial charge in [-0.3, -0.25) is 4.79 Å². The number of hydrogen-bond donors (Lipinski definition) is 4. The highest BCUT2D eigenvalue weighted by Gasteiger charge is 2.14. The Hall–Kier alpha value is -3.14. The van der Waals surface area contributed by atoms with Gasteiger partial charge in [-0.25, -0.2) is 8.78 Å². The molecule has 9 heteroatoms. The summed E-state index contributed by atoms with van der Waals surface area (Å²) < 4.78 is 36.1. The number of likely N-dealkylation sites (N-methyl/N-ethyl adjacent to an activating group) is 1. The maximum Gasteiger partial charge on any atom is 0.159 e. The normalized spacial score (nSPS) is 13.1. The van der Waals surface area contributed by atoms with E-state index in [1.54, 1.807) is 30.3 Å². The summed E-state index contributed by atoms with van der Waals surface area (Å²) in [6.45, 7) is 6.34. The van der Waals surface area contributed by atoms with E-state index in [2.05, 4.69) is 0 Å². The number of hydrogen-bond acceptors (Lipinski definition) is 7. The summed E-state index contributed by atoms with van der Waals surface area (Å²) in [5.41, 5.74) is 19.0. The van der Waals surface area contributed by atoms with Gasteiger partial charge >= 0.3 is 0 Å². The quantitative estimate of drug-likeness (QED) is 0.263. The van der Waals surface area contributed by atoms with E-state index in [1.165, 1.54) is 19.1 Å². The van der Waals surface area contributed by atoms with Crippen LogP contribution in [0.4, 0.5) is 14.5 Å². The third kappa shape index (κ3) is 8.02. The minimum Gasteiger partial charge on any atom is -0.396 e. The van der Waals surface area contributed by atoms with Crippen molar-refractivity contribution in [2.45, 2.75) is 25.7 Å². The van der Waals surface area contributed by atoms with Crippen LogP contribution >= 0.6 is 12.0 Å². The maximum absolute atomic E-state index is 13.8. The molecular weight excluding hydrogens is 458 g/mol. The molecule has 3 rings (SSSR count). The molecule has 0 bridgehead atoms. The number of carbonyl (C=O) groups excluding carboxylic acids is 1. The molecule has 0 unspecified atom stereocenters. The summed E-state index contributed by atoms with van der Waals surface area (Å²) in [7, 11) is 1.83.